The third kappa shape index (κ3) is 4.44. The van der Waals surface area contributed by atoms with Crippen LogP contribution in [0, 0.1) is 5.82 Å². The minimum atomic E-state index is -3.49. The van der Waals surface area contributed by atoms with Gasteiger partial charge in [-0.1, -0.05) is 17.7 Å². The number of sulfonamides is 1. The van der Waals surface area contributed by atoms with E-state index in [1.165, 1.54) is 12.1 Å². The molecule has 0 amide bonds. The minimum absolute atomic E-state index is 0.156. The lowest BCUT2D eigenvalue weighted by Crippen LogP contribution is -2.27. The number of rotatable bonds is 5. The summed E-state index contributed by atoms with van der Waals surface area (Å²) in [5.74, 6) is -0.616. The standard InChI is InChI=1S/C9H12ClFN2O2S/c10-8-2-1-3-9(11)7(8)6-13-4-5-16(12,14)15/h1-3,13H,4-6H2,(H2,12,14,15). The zero-order valence-electron chi connectivity index (χ0n) is 8.41. The molecule has 0 unspecified atom stereocenters. The molecule has 3 N–H and O–H groups in total. The van der Waals surface area contributed by atoms with E-state index >= 15 is 0 Å². The molecule has 0 bridgehead atoms. The fourth-order valence-electron chi connectivity index (χ4n) is 1.13. The Morgan fingerprint density at radius 3 is 2.69 bits per heavy atom. The number of primary sulfonamides is 1. The van der Waals surface area contributed by atoms with Crippen molar-refractivity contribution in [3.63, 3.8) is 0 Å². The summed E-state index contributed by atoms with van der Waals surface area (Å²) in [7, 11) is -3.49. The fraction of sp³-hybridized carbons (Fsp3) is 0.333. The Morgan fingerprint density at radius 1 is 1.44 bits per heavy atom. The van der Waals surface area contributed by atoms with Crippen LogP contribution in [0.4, 0.5) is 4.39 Å². The Kier molecular flexibility index (Phi) is 4.67. The second kappa shape index (κ2) is 5.58. The molecular formula is C9H12ClFN2O2S. The van der Waals surface area contributed by atoms with E-state index in [1.54, 1.807) is 6.07 Å². The van der Waals surface area contributed by atoms with Crippen LogP contribution in [-0.4, -0.2) is 20.7 Å². The van der Waals surface area contributed by atoms with Crippen molar-refractivity contribution in [1.29, 1.82) is 0 Å². The van der Waals surface area contributed by atoms with Gasteiger partial charge in [0.2, 0.25) is 10.0 Å². The van der Waals surface area contributed by atoms with Crippen LogP contribution >= 0.6 is 11.6 Å². The molecule has 0 atom stereocenters. The molecule has 0 saturated heterocycles. The molecule has 0 heterocycles. The normalized spacial score (nSPS) is 11.7. The fourth-order valence-corrected chi connectivity index (χ4v) is 1.79. The monoisotopic (exact) mass is 266 g/mol. The first-order valence-corrected chi connectivity index (χ1v) is 6.63. The predicted molar refractivity (Wildman–Crippen MR) is 61.1 cm³/mol. The van der Waals surface area contributed by atoms with Crippen LogP contribution in [0.3, 0.4) is 0 Å². The van der Waals surface area contributed by atoms with Crippen molar-refractivity contribution in [1.82, 2.24) is 5.32 Å². The lowest BCUT2D eigenvalue weighted by atomic mass is 10.2. The maximum Gasteiger partial charge on any atom is 0.210 e. The summed E-state index contributed by atoms with van der Waals surface area (Å²) >= 11 is 5.78. The molecule has 1 rings (SSSR count). The van der Waals surface area contributed by atoms with Gasteiger partial charge in [-0.05, 0) is 12.1 Å². The second-order valence-corrected chi connectivity index (χ2v) is 5.39. The minimum Gasteiger partial charge on any atom is -0.311 e. The average molecular weight is 267 g/mol. The van der Waals surface area contributed by atoms with Crippen molar-refractivity contribution in [2.45, 2.75) is 6.54 Å². The quantitative estimate of drug-likeness (QED) is 0.777. The van der Waals surface area contributed by atoms with Crippen LogP contribution in [0.2, 0.25) is 5.02 Å². The number of hydrogen-bond acceptors (Lipinski definition) is 3. The maximum absolute atomic E-state index is 13.2. The first-order chi connectivity index (χ1) is 7.40. The Labute approximate surface area is 98.6 Å². The lowest BCUT2D eigenvalue weighted by Gasteiger charge is -2.07. The van der Waals surface area contributed by atoms with Crippen molar-refractivity contribution < 1.29 is 12.8 Å². The third-order valence-electron chi connectivity index (χ3n) is 1.93. The Balaban J connectivity index is 2.49. The maximum atomic E-state index is 13.2. The second-order valence-electron chi connectivity index (χ2n) is 3.24. The molecular weight excluding hydrogens is 255 g/mol. The van der Waals surface area contributed by atoms with Crippen LogP contribution < -0.4 is 10.5 Å². The van der Waals surface area contributed by atoms with Gasteiger partial charge >= 0.3 is 0 Å². The van der Waals surface area contributed by atoms with Crippen LogP contribution in [0.1, 0.15) is 5.56 Å². The number of hydrogen-bond donors (Lipinski definition) is 2. The predicted octanol–water partition coefficient (Wildman–Crippen LogP) is 0.857. The van der Waals surface area contributed by atoms with Gasteiger partial charge in [-0.15, -0.1) is 0 Å². The molecule has 0 aromatic heterocycles. The van der Waals surface area contributed by atoms with Crippen molar-refractivity contribution in [3.8, 4) is 0 Å². The summed E-state index contributed by atoms with van der Waals surface area (Å²) in [4.78, 5) is 0. The number of halogens is 2. The molecule has 16 heavy (non-hydrogen) atoms. The Bertz CT molecular complexity index is 444. The van der Waals surface area contributed by atoms with Crippen LogP contribution in [0.25, 0.3) is 0 Å². The molecule has 1 aromatic rings. The molecule has 0 aliphatic heterocycles. The first-order valence-electron chi connectivity index (χ1n) is 4.54. The molecule has 4 nitrogen and oxygen atoms in total. The van der Waals surface area contributed by atoms with Crippen molar-refractivity contribution in [2.75, 3.05) is 12.3 Å². The van der Waals surface area contributed by atoms with E-state index in [4.69, 9.17) is 16.7 Å². The van der Waals surface area contributed by atoms with Crippen LogP contribution in [0.15, 0.2) is 18.2 Å². The van der Waals surface area contributed by atoms with Gasteiger partial charge in [-0.2, -0.15) is 0 Å². The summed E-state index contributed by atoms with van der Waals surface area (Å²) in [6, 6.07) is 4.37. The topological polar surface area (TPSA) is 72.2 Å². The van der Waals surface area contributed by atoms with Crippen molar-refractivity contribution in [3.05, 3.63) is 34.6 Å². The van der Waals surface area contributed by atoms with Crippen LogP contribution in [-0.2, 0) is 16.6 Å². The summed E-state index contributed by atoms with van der Waals surface area (Å²) in [6.07, 6.45) is 0. The smallest absolute Gasteiger partial charge is 0.210 e. The molecule has 1 aromatic carbocycles. The molecule has 0 aliphatic rings. The van der Waals surface area contributed by atoms with Gasteiger partial charge < -0.3 is 5.32 Å². The lowest BCUT2D eigenvalue weighted by molar-refractivity contribution is 0.583. The molecule has 0 saturated carbocycles. The molecule has 0 spiro atoms. The SMILES string of the molecule is NS(=O)(=O)CCNCc1c(F)cccc1Cl. The number of nitrogens with two attached hydrogens (primary N) is 1. The van der Waals surface area contributed by atoms with E-state index in [0.717, 1.165) is 0 Å². The highest BCUT2D eigenvalue weighted by Gasteiger charge is 2.07. The highest BCUT2D eigenvalue weighted by Crippen LogP contribution is 2.18. The number of nitrogens with one attached hydrogen (secondary N) is 1. The Morgan fingerprint density at radius 2 is 2.12 bits per heavy atom. The van der Waals surface area contributed by atoms with Crippen molar-refractivity contribution in [2.24, 2.45) is 5.14 Å². The highest BCUT2D eigenvalue weighted by molar-refractivity contribution is 7.89. The zero-order chi connectivity index (χ0) is 12.2. The average Bonchev–Trinajstić information content (AvgIpc) is 2.14. The molecule has 0 radical (unpaired) electrons. The summed E-state index contributed by atoms with van der Waals surface area (Å²) in [6.45, 7) is 0.324. The van der Waals surface area contributed by atoms with E-state index in [2.05, 4.69) is 5.32 Å². The van der Waals surface area contributed by atoms with Gasteiger partial charge in [0.15, 0.2) is 0 Å². The zero-order valence-corrected chi connectivity index (χ0v) is 9.98. The van der Waals surface area contributed by atoms with E-state index in [9.17, 15) is 12.8 Å². The van der Waals surface area contributed by atoms with Gasteiger partial charge in [0.25, 0.3) is 0 Å². The van der Waals surface area contributed by atoms with Gasteiger partial charge in [-0.3, -0.25) is 0 Å². The van der Waals surface area contributed by atoms with Gasteiger partial charge in [0.05, 0.1) is 5.75 Å². The summed E-state index contributed by atoms with van der Waals surface area (Å²) in [5.41, 5.74) is 0.318. The molecule has 90 valence electrons. The molecule has 7 heteroatoms. The van der Waals surface area contributed by atoms with Gasteiger partial charge in [-0.25, -0.2) is 17.9 Å². The van der Waals surface area contributed by atoms with E-state index in [1.807, 2.05) is 0 Å². The van der Waals surface area contributed by atoms with E-state index in [0.29, 0.717) is 10.6 Å². The largest absolute Gasteiger partial charge is 0.311 e. The van der Waals surface area contributed by atoms with E-state index < -0.39 is 15.8 Å². The summed E-state index contributed by atoms with van der Waals surface area (Å²) < 4.78 is 34.5. The van der Waals surface area contributed by atoms with Gasteiger partial charge in [0, 0.05) is 23.7 Å². The third-order valence-corrected chi connectivity index (χ3v) is 3.05. The molecule has 0 fully saturated rings. The first kappa shape index (κ1) is 13.4. The summed E-state index contributed by atoms with van der Waals surface area (Å²) in [5, 5.41) is 7.87. The molecule has 0 aliphatic carbocycles. The number of benzene rings is 1. The van der Waals surface area contributed by atoms with Crippen LogP contribution in [0.5, 0.6) is 0 Å². The van der Waals surface area contributed by atoms with Crippen molar-refractivity contribution >= 4 is 21.6 Å². The highest BCUT2D eigenvalue weighted by atomic mass is 35.5. The van der Waals surface area contributed by atoms with E-state index in [-0.39, 0.29) is 18.8 Å². The van der Waals surface area contributed by atoms with Gasteiger partial charge in [0.1, 0.15) is 5.82 Å². The Hall–Kier alpha value is -0.690.